The van der Waals surface area contributed by atoms with Gasteiger partial charge in [0.05, 0.1) is 18.3 Å². The third kappa shape index (κ3) is 3.08. The number of hydrogen-bond acceptors (Lipinski definition) is 4. The van der Waals surface area contributed by atoms with E-state index in [0.29, 0.717) is 5.82 Å². The summed E-state index contributed by atoms with van der Waals surface area (Å²) in [7, 11) is 1.85. The Morgan fingerprint density at radius 1 is 1.14 bits per heavy atom. The Hall–Kier alpha value is -2.69. The summed E-state index contributed by atoms with van der Waals surface area (Å²) in [5.74, 6) is 1.51. The molecule has 1 N–H and O–H groups in total. The van der Waals surface area contributed by atoms with E-state index in [1.165, 1.54) is 5.56 Å². The highest BCUT2D eigenvalue weighted by Crippen LogP contribution is 2.17. The monoisotopic (exact) mass is 279 g/mol. The molecule has 0 saturated heterocycles. The number of aryl methyl sites for hydroxylation is 1. The van der Waals surface area contributed by atoms with Crippen molar-refractivity contribution >= 4 is 5.82 Å². The van der Waals surface area contributed by atoms with E-state index >= 15 is 0 Å². The predicted octanol–water partition coefficient (Wildman–Crippen LogP) is 2.74. The molecule has 5 nitrogen and oxygen atoms in total. The van der Waals surface area contributed by atoms with Gasteiger partial charge in [-0.2, -0.15) is 5.10 Å². The summed E-state index contributed by atoms with van der Waals surface area (Å²) >= 11 is 0. The summed E-state index contributed by atoms with van der Waals surface area (Å²) in [4.78, 5) is 8.94. The molecular weight excluding hydrogens is 262 g/mol. The van der Waals surface area contributed by atoms with Crippen molar-refractivity contribution in [2.75, 3.05) is 12.4 Å². The molecule has 0 aliphatic carbocycles. The summed E-state index contributed by atoms with van der Waals surface area (Å²) in [6.07, 6.45) is 3.78. The lowest BCUT2D eigenvalue weighted by Gasteiger charge is -2.03. The quantitative estimate of drug-likeness (QED) is 0.798. The second-order valence-corrected chi connectivity index (χ2v) is 4.88. The second-order valence-electron chi connectivity index (χ2n) is 4.88. The predicted molar refractivity (Wildman–Crippen MR) is 83.1 cm³/mol. The maximum absolute atomic E-state index is 4.47. The van der Waals surface area contributed by atoms with Crippen molar-refractivity contribution in [1.82, 2.24) is 19.7 Å². The van der Waals surface area contributed by atoms with E-state index in [9.17, 15) is 0 Å². The van der Waals surface area contributed by atoms with Gasteiger partial charge in [0.1, 0.15) is 5.82 Å². The first kappa shape index (κ1) is 13.3. The molecule has 0 amide bonds. The standard InChI is InChI=1S/C16H17N5/c1-12-8-15(17-2)20-16(19-12)14-9-18-21(11-14)10-13-6-4-3-5-7-13/h3-9,11H,10H2,1-2H3,(H,17,19,20). The molecule has 2 aromatic heterocycles. The number of rotatable bonds is 4. The van der Waals surface area contributed by atoms with Crippen LogP contribution in [0, 0.1) is 6.92 Å². The number of nitrogens with one attached hydrogen (secondary N) is 1. The zero-order valence-electron chi connectivity index (χ0n) is 12.1. The molecule has 0 atom stereocenters. The Morgan fingerprint density at radius 3 is 2.71 bits per heavy atom. The molecule has 0 fully saturated rings. The SMILES string of the molecule is CNc1cc(C)nc(-c2cnn(Cc3ccccc3)c2)n1. The molecule has 0 aliphatic heterocycles. The largest absolute Gasteiger partial charge is 0.373 e. The van der Waals surface area contributed by atoms with Crippen LogP contribution in [0.3, 0.4) is 0 Å². The average Bonchev–Trinajstić information content (AvgIpc) is 2.96. The van der Waals surface area contributed by atoms with Gasteiger partial charge >= 0.3 is 0 Å². The first-order chi connectivity index (χ1) is 10.2. The highest BCUT2D eigenvalue weighted by atomic mass is 15.3. The van der Waals surface area contributed by atoms with E-state index < -0.39 is 0 Å². The van der Waals surface area contributed by atoms with Gasteiger partial charge in [0.2, 0.25) is 0 Å². The minimum atomic E-state index is 0.693. The summed E-state index contributed by atoms with van der Waals surface area (Å²) in [6, 6.07) is 12.2. The third-order valence-electron chi connectivity index (χ3n) is 3.19. The van der Waals surface area contributed by atoms with Crippen LogP contribution in [-0.2, 0) is 6.54 Å². The summed E-state index contributed by atoms with van der Waals surface area (Å²) in [5, 5.41) is 7.44. The lowest BCUT2D eigenvalue weighted by Crippen LogP contribution is -2.00. The molecule has 0 aliphatic rings. The van der Waals surface area contributed by atoms with Gasteiger partial charge < -0.3 is 5.32 Å². The Labute approximate surface area is 123 Å². The lowest BCUT2D eigenvalue weighted by atomic mass is 10.2. The van der Waals surface area contributed by atoms with Gasteiger partial charge in [0, 0.05) is 25.0 Å². The van der Waals surface area contributed by atoms with Crippen molar-refractivity contribution < 1.29 is 0 Å². The molecule has 0 radical (unpaired) electrons. The average molecular weight is 279 g/mol. The molecule has 21 heavy (non-hydrogen) atoms. The Kier molecular flexibility index (Phi) is 3.64. The molecule has 3 aromatic rings. The van der Waals surface area contributed by atoms with Gasteiger partial charge in [-0.25, -0.2) is 9.97 Å². The van der Waals surface area contributed by atoms with Crippen LogP contribution in [0.5, 0.6) is 0 Å². The number of hydrogen-bond donors (Lipinski definition) is 1. The molecule has 2 heterocycles. The highest BCUT2D eigenvalue weighted by Gasteiger charge is 2.07. The van der Waals surface area contributed by atoms with Crippen LogP contribution in [0.1, 0.15) is 11.3 Å². The highest BCUT2D eigenvalue weighted by molar-refractivity contribution is 5.55. The van der Waals surface area contributed by atoms with E-state index in [-0.39, 0.29) is 0 Å². The van der Waals surface area contributed by atoms with E-state index in [1.54, 1.807) is 6.20 Å². The van der Waals surface area contributed by atoms with E-state index in [2.05, 4.69) is 32.5 Å². The van der Waals surface area contributed by atoms with Gasteiger partial charge in [-0.15, -0.1) is 0 Å². The van der Waals surface area contributed by atoms with Crippen molar-refractivity contribution in [1.29, 1.82) is 0 Å². The van der Waals surface area contributed by atoms with Gasteiger partial charge in [0.25, 0.3) is 0 Å². The molecule has 0 unspecified atom stereocenters. The molecule has 1 aromatic carbocycles. The number of benzene rings is 1. The zero-order valence-corrected chi connectivity index (χ0v) is 12.1. The smallest absolute Gasteiger partial charge is 0.164 e. The fourth-order valence-corrected chi connectivity index (χ4v) is 2.16. The fraction of sp³-hybridized carbons (Fsp3) is 0.188. The van der Waals surface area contributed by atoms with Crippen LogP contribution in [0.25, 0.3) is 11.4 Å². The fourth-order valence-electron chi connectivity index (χ4n) is 2.16. The minimum absolute atomic E-state index is 0.693. The van der Waals surface area contributed by atoms with Crippen molar-refractivity contribution in [3.8, 4) is 11.4 Å². The van der Waals surface area contributed by atoms with Gasteiger partial charge in [-0.3, -0.25) is 4.68 Å². The van der Waals surface area contributed by atoms with Crippen molar-refractivity contribution in [2.24, 2.45) is 0 Å². The Bertz CT molecular complexity index is 733. The van der Waals surface area contributed by atoms with Crippen LogP contribution in [0.2, 0.25) is 0 Å². The lowest BCUT2D eigenvalue weighted by molar-refractivity contribution is 0.687. The minimum Gasteiger partial charge on any atom is -0.373 e. The van der Waals surface area contributed by atoms with Gasteiger partial charge in [-0.1, -0.05) is 30.3 Å². The third-order valence-corrected chi connectivity index (χ3v) is 3.19. The van der Waals surface area contributed by atoms with Crippen molar-refractivity contribution in [3.63, 3.8) is 0 Å². The van der Waals surface area contributed by atoms with E-state index in [1.807, 2.05) is 49.1 Å². The topological polar surface area (TPSA) is 55.6 Å². The summed E-state index contributed by atoms with van der Waals surface area (Å²) < 4.78 is 1.90. The molecule has 0 spiro atoms. The molecule has 0 saturated carbocycles. The molecular formula is C16H17N5. The van der Waals surface area contributed by atoms with E-state index in [4.69, 9.17) is 0 Å². The number of anilines is 1. The number of aromatic nitrogens is 4. The van der Waals surface area contributed by atoms with Crippen LogP contribution >= 0.6 is 0 Å². The first-order valence-corrected chi connectivity index (χ1v) is 6.85. The van der Waals surface area contributed by atoms with Crippen LogP contribution in [0.4, 0.5) is 5.82 Å². The normalized spacial score (nSPS) is 10.6. The summed E-state index contributed by atoms with van der Waals surface area (Å²) in [5.41, 5.74) is 3.07. The molecule has 3 rings (SSSR count). The van der Waals surface area contributed by atoms with Gasteiger partial charge in [0.15, 0.2) is 5.82 Å². The Balaban J connectivity index is 1.86. The summed E-state index contributed by atoms with van der Waals surface area (Å²) in [6.45, 7) is 2.70. The van der Waals surface area contributed by atoms with Crippen molar-refractivity contribution in [3.05, 3.63) is 60.0 Å². The van der Waals surface area contributed by atoms with Crippen LogP contribution < -0.4 is 5.32 Å². The van der Waals surface area contributed by atoms with Gasteiger partial charge in [-0.05, 0) is 12.5 Å². The molecule has 106 valence electrons. The maximum atomic E-state index is 4.47. The van der Waals surface area contributed by atoms with Crippen LogP contribution in [0.15, 0.2) is 48.8 Å². The first-order valence-electron chi connectivity index (χ1n) is 6.85. The zero-order chi connectivity index (χ0) is 14.7. The Morgan fingerprint density at radius 2 is 1.95 bits per heavy atom. The molecule has 5 heteroatoms. The molecule has 0 bridgehead atoms. The van der Waals surface area contributed by atoms with Crippen LogP contribution in [-0.4, -0.2) is 26.8 Å². The van der Waals surface area contributed by atoms with Crippen molar-refractivity contribution in [2.45, 2.75) is 13.5 Å². The second kappa shape index (κ2) is 5.75. The van der Waals surface area contributed by atoms with E-state index in [0.717, 1.165) is 23.6 Å². The maximum Gasteiger partial charge on any atom is 0.164 e. The number of nitrogens with zero attached hydrogens (tertiary/aromatic N) is 4.